The van der Waals surface area contributed by atoms with E-state index in [1.54, 1.807) is 0 Å². The minimum Gasteiger partial charge on any atom is -0.352 e. The molecule has 1 amide bonds. The molecule has 0 unspecified atom stereocenters. The first-order valence-electron chi connectivity index (χ1n) is 5.37. The molecule has 0 aliphatic carbocycles. The van der Waals surface area contributed by atoms with Crippen LogP contribution in [0.1, 0.15) is 12.0 Å². The first-order chi connectivity index (χ1) is 7.34. The molecule has 0 bridgehead atoms. The largest absolute Gasteiger partial charge is 0.352 e. The van der Waals surface area contributed by atoms with Gasteiger partial charge in [0.05, 0.1) is 0 Å². The summed E-state index contributed by atoms with van der Waals surface area (Å²) in [5.74, 6) is 0.144. The highest BCUT2D eigenvalue weighted by atomic mass is 16.1. The molecule has 0 atom stereocenters. The minimum absolute atomic E-state index is 0.144. The van der Waals surface area contributed by atoms with Gasteiger partial charge in [-0.2, -0.15) is 0 Å². The molecule has 3 nitrogen and oxygen atoms in total. The molecule has 0 saturated carbocycles. The summed E-state index contributed by atoms with van der Waals surface area (Å²) in [6.07, 6.45) is 0.618. The van der Waals surface area contributed by atoms with E-state index in [0.717, 1.165) is 25.2 Å². The lowest BCUT2D eigenvalue weighted by atomic mass is 10.2. The van der Waals surface area contributed by atoms with Crippen molar-refractivity contribution in [3.63, 3.8) is 0 Å². The van der Waals surface area contributed by atoms with E-state index in [1.807, 2.05) is 30.3 Å². The van der Waals surface area contributed by atoms with Gasteiger partial charge in [0.25, 0.3) is 0 Å². The predicted octanol–water partition coefficient (Wildman–Crippen LogP) is 1.01. The third kappa shape index (κ3) is 3.72. The third-order valence-electron chi connectivity index (χ3n) is 2.53. The molecule has 1 saturated heterocycles. The van der Waals surface area contributed by atoms with Gasteiger partial charge in [0.1, 0.15) is 0 Å². The highest BCUT2D eigenvalue weighted by molar-refractivity contribution is 5.76. The van der Waals surface area contributed by atoms with E-state index in [2.05, 4.69) is 10.2 Å². The fourth-order valence-corrected chi connectivity index (χ4v) is 1.44. The fraction of sp³-hybridized carbons (Fsp3) is 0.417. The summed E-state index contributed by atoms with van der Waals surface area (Å²) >= 11 is 0. The minimum atomic E-state index is 0.144. The van der Waals surface area contributed by atoms with Crippen LogP contribution in [0.5, 0.6) is 0 Å². The van der Waals surface area contributed by atoms with Crippen LogP contribution in [0.4, 0.5) is 0 Å². The summed E-state index contributed by atoms with van der Waals surface area (Å²) in [7, 11) is 0. The van der Waals surface area contributed by atoms with E-state index in [0.29, 0.717) is 13.0 Å². The Labute approximate surface area is 90.1 Å². The molecule has 0 spiro atoms. The molecule has 15 heavy (non-hydrogen) atoms. The Morgan fingerprint density at radius 3 is 2.67 bits per heavy atom. The molecule has 1 fully saturated rings. The Balaban J connectivity index is 1.66. The summed E-state index contributed by atoms with van der Waals surface area (Å²) in [5.41, 5.74) is 1.15. The van der Waals surface area contributed by atoms with Crippen LogP contribution >= 0.6 is 0 Å². The molecule has 1 heterocycles. The number of hydrogen-bond acceptors (Lipinski definition) is 2. The number of nitrogens with one attached hydrogen (secondary N) is 1. The number of benzene rings is 1. The van der Waals surface area contributed by atoms with Crippen molar-refractivity contribution in [2.75, 3.05) is 19.6 Å². The van der Waals surface area contributed by atoms with Crippen molar-refractivity contribution in [3.8, 4) is 0 Å². The van der Waals surface area contributed by atoms with Gasteiger partial charge in [-0.25, -0.2) is 0 Å². The second kappa shape index (κ2) is 4.94. The van der Waals surface area contributed by atoms with Crippen LogP contribution < -0.4 is 5.32 Å². The lowest BCUT2D eigenvalue weighted by Crippen LogP contribution is -2.24. The molecular formula is C12H16N2O. The molecule has 0 radical (unpaired) electrons. The molecule has 0 aromatic heterocycles. The van der Waals surface area contributed by atoms with Crippen LogP contribution in [0, 0.1) is 0 Å². The molecule has 1 aromatic carbocycles. The zero-order chi connectivity index (χ0) is 10.5. The zero-order valence-corrected chi connectivity index (χ0v) is 8.78. The van der Waals surface area contributed by atoms with Crippen molar-refractivity contribution in [2.24, 2.45) is 0 Å². The van der Waals surface area contributed by atoms with Crippen LogP contribution in [0.3, 0.4) is 0 Å². The van der Waals surface area contributed by atoms with Crippen molar-refractivity contribution >= 4 is 5.91 Å². The summed E-state index contributed by atoms with van der Waals surface area (Å²) in [6.45, 7) is 3.86. The molecule has 1 aromatic rings. The lowest BCUT2D eigenvalue weighted by molar-refractivity contribution is -0.121. The third-order valence-corrected chi connectivity index (χ3v) is 2.53. The van der Waals surface area contributed by atoms with Gasteiger partial charge in [0.2, 0.25) is 5.91 Å². The van der Waals surface area contributed by atoms with E-state index in [1.165, 1.54) is 0 Å². The summed E-state index contributed by atoms with van der Waals surface area (Å²) in [4.78, 5) is 13.7. The number of carbonyl (C=O) groups is 1. The van der Waals surface area contributed by atoms with Gasteiger partial charge in [0.15, 0.2) is 0 Å². The summed E-state index contributed by atoms with van der Waals surface area (Å²) in [6, 6.07) is 9.98. The van der Waals surface area contributed by atoms with Crippen LogP contribution in [0.25, 0.3) is 0 Å². The van der Waals surface area contributed by atoms with E-state index >= 15 is 0 Å². The van der Waals surface area contributed by atoms with Crippen LogP contribution in [0.2, 0.25) is 0 Å². The van der Waals surface area contributed by atoms with Gasteiger partial charge in [-0.3, -0.25) is 4.79 Å². The van der Waals surface area contributed by atoms with Gasteiger partial charge in [0, 0.05) is 32.6 Å². The molecule has 2 rings (SSSR count). The van der Waals surface area contributed by atoms with Crippen molar-refractivity contribution in [3.05, 3.63) is 35.9 Å². The summed E-state index contributed by atoms with van der Waals surface area (Å²) in [5, 5.41) is 2.92. The standard InChI is InChI=1S/C12H16N2O/c15-12(6-7-14-8-9-14)13-10-11-4-2-1-3-5-11/h1-5H,6-10H2,(H,13,15). The molecule has 1 aliphatic heterocycles. The molecule has 80 valence electrons. The monoisotopic (exact) mass is 204 g/mol. The average molecular weight is 204 g/mol. The van der Waals surface area contributed by atoms with Crippen molar-refractivity contribution in [1.82, 2.24) is 10.2 Å². The van der Waals surface area contributed by atoms with Gasteiger partial charge in [-0.15, -0.1) is 0 Å². The maximum atomic E-state index is 11.4. The fourth-order valence-electron chi connectivity index (χ4n) is 1.44. The van der Waals surface area contributed by atoms with Crippen LogP contribution in [0.15, 0.2) is 30.3 Å². The maximum absolute atomic E-state index is 11.4. The van der Waals surface area contributed by atoms with Crippen molar-refractivity contribution < 1.29 is 4.79 Å². The Kier molecular flexibility index (Phi) is 3.35. The second-order valence-corrected chi connectivity index (χ2v) is 3.85. The van der Waals surface area contributed by atoms with E-state index < -0.39 is 0 Å². The maximum Gasteiger partial charge on any atom is 0.221 e. The Hall–Kier alpha value is -1.35. The van der Waals surface area contributed by atoms with E-state index in [-0.39, 0.29) is 5.91 Å². The number of carbonyl (C=O) groups excluding carboxylic acids is 1. The predicted molar refractivity (Wildman–Crippen MR) is 59.3 cm³/mol. The summed E-state index contributed by atoms with van der Waals surface area (Å²) < 4.78 is 0. The molecular weight excluding hydrogens is 188 g/mol. The smallest absolute Gasteiger partial charge is 0.221 e. The molecule has 3 heteroatoms. The Morgan fingerprint density at radius 2 is 2.00 bits per heavy atom. The van der Waals surface area contributed by atoms with Crippen molar-refractivity contribution in [1.29, 1.82) is 0 Å². The number of amides is 1. The SMILES string of the molecule is O=C(CCN1CC1)NCc1ccccc1. The Bertz CT molecular complexity index is 320. The lowest BCUT2D eigenvalue weighted by Gasteiger charge is -2.05. The highest BCUT2D eigenvalue weighted by Crippen LogP contribution is 2.03. The first kappa shape index (κ1) is 10.2. The highest BCUT2D eigenvalue weighted by Gasteiger charge is 2.17. The number of rotatable bonds is 5. The van der Waals surface area contributed by atoms with Gasteiger partial charge in [-0.05, 0) is 5.56 Å². The molecule has 1 N–H and O–H groups in total. The topological polar surface area (TPSA) is 32.1 Å². The van der Waals surface area contributed by atoms with Gasteiger partial charge < -0.3 is 10.2 Å². The van der Waals surface area contributed by atoms with Crippen LogP contribution in [-0.2, 0) is 11.3 Å². The van der Waals surface area contributed by atoms with Crippen LogP contribution in [-0.4, -0.2) is 30.4 Å². The number of hydrogen-bond donors (Lipinski definition) is 1. The zero-order valence-electron chi connectivity index (χ0n) is 8.78. The number of nitrogens with zero attached hydrogens (tertiary/aromatic N) is 1. The van der Waals surface area contributed by atoms with Gasteiger partial charge in [-0.1, -0.05) is 30.3 Å². The first-order valence-corrected chi connectivity index (χ1v) is 5.37. The van der Waals surface area contributed by atoms with Gasteiger partial charge >= 0.3 is 0 Å². The van der Waals surface area contributed by atoms with E-state index in [4.69, 9.17) is 0 Å². The second-order valence-electron chi connectivity index (χ2n) is 3.85. The normalized spacial score (nSPS) is 14.9. The Morgan fingerprint density at radius 1 is 1.27 bits per heavy atom. The average Bonchev–Trinajstić information content (AvgIpc) is 3.09. The van der Waals surface area contributed by atoms with E-state index in [9.17, 15) is 4.79 Å². The van der Waals surface area contributed by atoms with Crippen molar-refractivity contribution in [2.45, 2.75) is 13.0 Å². The molecule has 1 aliphatic rings. The quantitative estimate of drug-likeness (QED) is 0.726.